The van der Waals surface area contributed by atoms with Crippen LogP contribution in [0.3, 0.4) is 0 Å². The Morgan fingerprint density at radius 1 is 1.75 bits per heavy atom. The Hall–Kier alpha value is -1.01. The summed E-state index contributed by atoms with van der Waals surface area (Å²) < 4.78 is 4.96. The Morgan fingerprint density at radius 3 is 2.67 bits per heavy atom. The highest BCUT2D eigenvalue weighted by molar-refractivity contribution is 5.83. The van der Waals surface area contributed by atoms with Gasteiger partial charge in [-0.3, -0.25) is 4.79 Å². The van der Waals surface area contributed by atoms with Crippen molar-refractivity contribution >= 4 is 5.91 Å². The van der Waals surface area contributed by atoms with Crippen LogP contribution in [0.4, 0.5) is 0 Å². The smallest absolute Gasteiger partial charge is 0.231 e. The van der Waals surface area contributed by atoms with Crippen molar-refractivity contribution in [3.05, 3.63) is 0 Å². The van der Waals surface area contributed by atoms with Crippen LogP contribution in [-0.4, -0.2) is 25.2 Å². The number of carbonyl (C=O) groups excluding carboxylic acids is 1. The van der Waals surface area contributed by atoms with Crippen LogP contribution in [0.2, 0.25) is 0 Å². The summed E-state index contributed by atoms with van der Waals surface area (Å²) in [5, 5.41) is 2.72. The minimum atomic E-state index is -0.356. The van der Waals surface area contributed by atoms with E-state index < -0.39 is 0 Å². The average Bonchev–Trinajstić information content (AvgIpc) is 1.99. The van der Waals surface area contributed by atoms with Gasteiger partial charge in [0.25, 0.3) is 0 Å². The number of amides is 1. The van der Waals surface area contributed by atoms with Crippen molar-refractivity contribution < 1.29 is 9.53 Å². The minimum Gasteiger partial charge on any atom is -0.379 e. The van der Waals surface area contributed by atoms with Gasteiger partial charge in [-0.15, -0.1) is 6.42 Å². The summed E-state index contributed by atoms with van der Waals surface area (Å²) in [6.45, 7) is 4.64. The molecule has 1 aliphatic rings. The van der Waals surface area contributed by atoms with Gasteiger partial charge in [-0.2, -0.15) is 0 Å². The quantitative estimate of drug-likeness (QED) is 0.595. The van der Waals surface area contributed by atoms with Crippen LogP contribution >= 0.6 is 0 Å². The first-order chi connectivity index (χ1) is 5.58. The molecule has 1 amide bonds. The number of hydrogen-bond acceptors (Lipinski definition) is 2. The van der Waals surface area contributed by atoms with E-state index >= 15 is 0 Å². The highest BCUT2D eigenvalue weighted by Gasteiger charge is 2.41. The van der Waals surface area contributed by atoms with E-state index in [-0.39, 0.29) is 17.4 Å². The van der Waals surface area contributed by atoms with Gasteiger partial charge in [-0.1, -0.05) is 5.92 Å². The molecule has 3 nitrogen and oxygen atoms in total. The molecule has 1 aliphatic heterocycles. The molecule has 0 radical (unpaired) electrons. The van der Waals surface area contributed by atoms with Gasteiger partial charge in [0.2, 0.25) is 5.91 Å². The molecule has 0 saturated carbocycles. The molecule has 12 heavy (non-hydrogen) atoms. The Bertz CT molecular complexity index is 225. The number of rotatable bonds is 2. The summed E-state index contributed by atoms with van der Waals surface area (Å²) in [6, 6.07) is -0.199. The molecule has 3 heteroatoms. The highest BCUT2D eigenvalue weighted by atomic mass is 16.5. The first kappa shape index (κ1) is 9.08. The average molecular weight is 167 g/mol. The number of terminal acetylenes is 1. The molecule has 0 bridgehead atoms. The van der Waals surface area contributed by atoms with Gasteiger partial charge in [0, 0.05) is 0 Å². The first-order valence-corrected chi connectivity index (χ1v) is 3.93. The lowest BCUT2D eigenvalue weighted by atomic mass is 9.87. The van der Waals surface area contributed by atoms with Gasteiger partial charge in [-0.05, 0) is 13.8 Å². The molecule has 66 valence electrons. The Morgan fingerprint density at radius 2 is 2.33 bits per heavy atom. The monoisotopic (exact) mass is 167 g/mol. The van der Waals surface area contributed by atoms with Crippen LogP contribution in [0.1, 0.15) is 13.8 Å². The molecule has 1 fully saturated rings. The second-order valence-corrected chi connectivity index (χ2v) is 3.42. The van der Waals surface area contributed by atoms with Crippen molar-refractivity contribution in [3.63, 3.8) is 0 Å². The van der Waals surface area contributed by atoms with Crippen molar-refractivity contribution in [2.45, 2.75) is 19.9 Å². The highest BCUT2D eigenvalue weighted by Crippen LogP contribution is 2.26. The summed E-state index contributed by atoms with van der Waals surface area (Å²) in [6.07, 6.45) is 5.13. The molecular formula is C9H13NO2. The predicted octanol–water partition coefficient (Wildman–Crippen LogP) is 0.161. The summed E-state index contributed by atoms with van der Waals surface area (Å²) in [5.74, 6) is 2.43. The maximum absolute atomic E-state index is 11.4. The van der Waals surface area contributed by atoms with Crippen molar-refractivity contribution in [3.8, 4) is 12.3 Å². The fraction of sp³-hybridized carbons (Fsp3) is 0.667. The number of carbonyl (C=O) groups is 1. The first-order valence-electron chi connectivity index (χ1n) is 3.93. The van der Waals surface area contributed by atoms with Crippen molar-refractivity contribution in [2.75, 3.05) is 13.2 Å². The van der Waals surface area contributed by atoms with E-state index in [1.807, 2.05) is 6.92 Å². The standard InChI is InChI=1S/C9H13NO2/c1-4-7(2)10-8(11)9(3)5-12-6-9/h1,7H,5-6H2,2-3H3,(H,10,11). The molecule has 1 unspecified atom stereocenters. The molecular weight excluding hydrogens is 154 g/mol. The van der Waals surface area contributed by atoms with E-state index in [1.165, 1.54) is 0 Å². The van der Waals surface area contributed by atoms with Crippen LogP contribution in [0.5, 0.6) is 0 Å². The Labute approximate surface area is 72.5 Å². The summed E-state index contributed by atoms with van der Waals surface area (Å²) in [7, 11) is 0. The van der Waals surface area contributed by atoms with E-state index in [1.54, 1.807) is 6.92 Å². The zero-order valence-corrected chi connectivity index (χ0v) is 7.39. The van der Waals surface area contributed by atoms with Gasteiger partial charge < -0.3 is 10.1 Å². The molecule has 0 aromatic carbocycles. The minimum absolute atomic E-state index is 0.0146. The Balaban J connectivity index is 2.44. The molecule has 1 rings (SSSR count). The van der Waals surface area contributed by atoms with Crippen LogP contribution < -0.4 is 5.32 Å². The van der Waals surface area contributed by atoms with Crippen LogP contribution in [0.15, 0.2) is 0 Å². The molecule has 1 N–H and O–H groups in total. The number of hydrogen-bond donors (Lipinski definition) is 1. The lowest BCUT2D eigenvalue weighted by Gasteiger charge is -2.36. The molecule has 0 aliphatic carbocycles. The zero-order valence-electron chi connectivity index (χ0n) is 7.39. The Kier molecular flexibility index (Phi) is 2.39. The third kappa shape index (κ3) is 1.59. The fourth-order valence-corrected chi connectivity index (χ4v) is 0.952. The molecule has 0 aromatic heterocycles. The third-order valence-electron chi connectivity index (χ3n) is 1.99. The normalized spacial score (nSPS) is 21.8. The van der Waals surface area contributed by atoms with Gasteiger partial charge in [0.15, 0.2) is 0 Å². The molecule has 1 heterocycles. The largest absolute Gasteiger partial charge is 0.379 e. The fourth-order valence-electron chi connectivity index (χ4n) is 0.952. The van der Waals surface area contributed by atoms with Crippen LogP contribution in [0.25, 0.3) is 0 Å². The van der Waals surface area contributed by atoms with Gasteiger partial charge >= 0.3 is 0 Å². The lowest BCUT2D eigenvalue weighted by Crippen LogP contribution is -2.53. The van der Waals surface area contributed by atoms with Gasteiger partial charge in [0.05, 0.1) is 24.7 Å². The summed E-state index contributed by atoms with van der Waals surface area (Å²) >= 11 is 0. The summed E-state index contributed by atoms with van der Waals surface area (Å²) in [4.78, 5) is 11.4. The van der Waals surface area contributed by atoms with E-state index in [0.717, 1.165) is 0 Å². The number of ether oxygens (including phenoxy) is 1. The topological polar surface area (TPSA) is 38.3 Å². The summed E-state index contributed by atoms with van der Waals surface area (Å²) in [5.41, 5.74) is -0.356. The van der Waals surface area contributed by atoms with E-state index in [0.29, 0.717) is 13.2 Å². The molecule has 0 aromatic rings. The predicted molar refractivity (Wildman–Crippen MR) is 45.4 cm³/mol. The van der Waals surface area contributed by atoms with Crippen molar-refractivity contribution in [2.24, 2.45) is 5.41 Å². The second kappa shape index (κ2) is 3.16. The van der Waals surface area contributed by atoms with Crippen molar-refractivity contribution in [1.29, 1.82) is 0 Å². The zero-order chi connectivity index (χ0) is 9.19. The van der Waals surface area contributed by atoms with E-state index in [9.17, 15) is 4.79 Å². The van der Waals surface area contributed by atoms with E-state index in [2.05, 4.69) is 11.2 Å². The maximum atomic E-state index is 11.4. The van der Waals surface area contributed by atoms with Gasteiger partial charge in [0.1, 0.15) is 0 Å². The number of nitrogens with one attached hydrogen (secondary N) is 1. The third-order valence-corrected chi connectivity index (χ3v) is 1.99. The molecule has 1 saturated heterocycles. The van der Waals surface area contributed by atoms with E-state index in [4.69, 9.17) is 11.2 Å². The van der Waals surface area contributed by atoms with Crippen molar-refractivity contribution in [1.82, 2.24) is 5.32 Å². The lowest BCUT2D eigenvalue weighted by molar-refractivity contribution is -0.157. The second-order valence-electron chi connectivity index (χ2n) is 3.42. The molecule has 0 spiro atoms. The maximum Gasteiger partial charge on any atom is 0.231 e. The van der Waals surface area contributed by atoms with Gasteiger partial charge in [-0.25, -0.2) is 0 Å². The molecule has 1 atom stereocenters. The SMILES string of the molecule is C#CC(C)NC(=O)C1(C)COC1. The van der Waals surface area contributed by atoms with Crippen LogP contribution in [0, 0.1) is 17.8 Å². The van der Waals surface area contributed by atoms with Crippen LogP contribution in [-0.2, 0) is 9.53 Å².